The second-order valence-corrected chi connectivity index (χ2v) is 4.73. The van der Waals surface area contributed by atoms with E-state index in [0.29, 0.717) is 11.1 Å². The lowest BCUT2D eigenvalue weighted by Gasteiger charge is -2.10. The van der Waals surface area contributed by atoms with Gasteiger partial charge in [0.15, 0.2) is 0 Å². The van der Waals surface area contributed by atoms with E-state index in [2.05, 4.69) is 5.10 Å². The lowest BCUT2D eigenvalue weighted by molar-refractivity contribution is 0.577. The van der Waals surface area contributed by atoms with Crippen LogP contribution >= 0.6 is 0 Å². The fourth-order valence-corrected chi connectivity index (χ4v) is 2.17. The van der Waals surface area contributed by atoms with E-state index in [4.69, 9.17) is 5.73 Å². The predicted molar refractivity (Wildman–Crippen MR) is 76.0 cm³/mol. The Morgan fingerprint density at radius 1 is 0.952 bits per heavy atom. The normalized spacial score (nSPS) is 12.3. The first kappa shape index (κ1) is 13.5. The molecule has 1 unspecified atom stereocenters. The summed E-state index contributed by atoms with van der Waals surface area (Å²) in [6.45, 7) is 0. The van der Waals surface area contributed by atoms with E-state index >= 15 is 0 Å². The average Bonchev–Trinajstić information content (AvgIpc) is 2.96. The summed E-state index contributed by atoms with van der Waals surface area (Å²) in [6.07, 6.45) is 3.35. The van der Waals surface area contributed by atoms with Crippen LogP contribution in [-0.4, -0.2) is 9.78 Å². The Balaban J connectivity index is 1.92. The van der Waals surface area contributed by atoms with Crippen molar-refractivity contribution in [3.05, 3.63) is 83.7 Å². The molecule has 0 bridgehead atoms. The Labute approximate surface area is 120 Å². The van der Waals surface area contributed by atoms with Crippen molar-refractivity contribution in [2.45, 2.75) is 6.04 Å². The van der Waals surface area contributed by atoms with Gasteiger partial charge in [0.1, 0.15) is 11.6 Å². The minimum atomic E-state index is -0.643. The van der Waals surface area contributed by atoms with Crippen LogP contribution in [0.5, 0.6) is 0 Å². The molecule has 0 saturated heterocycles. The Hall–Kier alpha value is -2.53. The Bertz CT molecular complexity index is 733. The molecule has 0 aliphatic rings. The maximum Gasteiger partial charge on any atom is 0.126 e. The van der Waals surface area contributed by atoms with E-state index in [0.717, 1.165) is 11.8 Å². The van der Waals surface area contributed by atoms with Crippen LogP contribution in [0.4, 0.5) is 8.78 Å². The number of nitrogens with two attached hydrogens (primary N) is 1. The lowest BCUT2D eigenvalue weighted by Crippen LogP contribution is -2.11. The average molecular weight is 285 g/mol. The third-order valence-electron chi connectivity index (χ3n) is 3.23. The maximum atomic E-state index is 13.3. The lowest BCUT2D eigenvalue weighted by atomic mass is 10.0. The Morgan fingerprint density at radius 2 is 1.62 bits per heavy atom. The second-order valence-electron chi connectivity index (χ2n) is 4.73. The van der Waals surface area contributed by atoms with Crippen molar-refractivity contribution in [3.8, 4) is 5.69 Å². The number of nitrogens with zero attached hydrogens (tertiary/aromatic N) is 2. The molecule has 1 heterocycles. The fourth-order valence-electron chi connectivity index (χ4n) is 2.17. The van der Waals surface area contributed by atoms with Gasteiger partial charge in [0, 0.05) is 17.8 Å². The molecule has 0 fully saturated rings. The highest BCUT2D eigenvalue weighted by Crippen LogP contribution is 2.22. The number of halogens is 2. The Morgan fingerprint density at radius 3 is 2.29 bits per heavy atom. The van der Waals surface area contributed by atoms with Gasteiger partial charge in [0.25, 0.3) is 0 Å². The molecule has 5 heteroatoms. The van der Waals surface area contributed by atoms with Crippen molar-refractivity contribution in [2.24, 2.45) is 5.73 Å². The fraction of sp³-hybridized carbons (Fsp3) is 0.0625. The monoisotopic (exact) mass is 285 g/mol. The molecular formula is C16H13F2N3. The predicted octanol–water partition coefficient (Wildman–Crippen LogP) is 3.20. The second kappa shape index (κ2) is 5.46. The van der Waals surface area contributed by atoms with Crippen LogP contribution in [0.3, 0.4) is 0 Å². The molecule has 0 saturated carbocycles. The van der Waals surface area contributed by atoms with Crippen molar-refractivity contribution in [2.75, 3.05) is 0 Å². The summed E-state index contributed by atoms with van der Waals surface area (Å²) in [7, 11) is 0. The minimum Gasteiger partial charge on any atom is -0.320 e. The van der Waals surface area contributed by atoms with Gasteiger partial charge in [-0.3, -0.25) is 0 Å². The minimum absolute atomic E-state index is 0.375. The molecule has 1 atom stereocenters. The van der Waals surface area contributed by atoms with Crippen molar-refractivity contribution >= 4 is 0 Å². The summed E-state index contributed by atoms with van der Waals surface area (Å²) < 4.78 is 28.2. The summed E-state index contributed by atoms with van der Waals surface area (Å²) in [5.41, 5.74) is 8.01. The van der Waals surface area contributed by atoms with Crippen LogP contribution in [-0.2, 0) is 0 Å². The highest BCUT2D eigenvalue weighted by atomic mass is 19.1. The number of hydrogen-bond acceptors (Lipinski definition) is 2. The van der Waals surface area contributed by atoms with Crippen molar-refractivity contribution in [1.82, 2.24) is 9.78 Å². The molecule has 2 aromatic carbocycles. The van der Waals surface area contributed by atoms with Crippen molar-refractivity contribution < 1.29 is 8.78 Å². The Kier molecular flexibility index (Phi) is 3.50. The summed E-state index contributed by atoms with van der Waals surface area (Å²) in [5, 5.41) is 4.23. The molecule has 0 radical (unpaired) electrons. The highest BCUT2D eigenvalue weighted by Gasteiger charge is 2.14. The maximum absolute atomic E-state index is 13.3. The third-order valence-corrected chi connectivity index (χ3v) is 3.23. The highest BCUT2D eigenvalue weighted by molar-refractivity contribution is 5.34. The van der Waals surface area contributed by atoms with Crippen LogP contribution in [0.25, 0.3) is 5.69 Å². The zero-order valence-corrected chi connectivity index (χ0v) is 11.1. The summed E-state index contributed by atoms with van der Waals surface area (Å²) in [6, 6.07) is 12.2. The smallest absolute Gasteiger partial charge is 0.126 e. The van der Waals surface area contributed by atoms with Crippen LogP contribution in [0, 0.1) is 11.6 Å². The molecule has 21 heavy (non-hydrogen) atoms. The first-order chi connectivity index (χ1) is 10.1. The van der Waals surface area contributed by atoms with Gasteiger partial charge in [-0.15, -0.1) is 0 Å². The largest absolute Gasteiger partial charge is 0.320 e. The SMILES string of the molecule is NC(c1cc(F)cc(F)c1)c1cnn(-c2ccccc2)c1. The van der Waals surface area contributed by atoms with Crippen LogP contribution in [0.1, 0.15) is 17.2 Å². The number of aromatic nitrogens is 2. The first-order valence-electron chi connectivity index (χ1n) is 6.45. The van der Waals surface area contributed by atoms with Crippen molar-refractivity contribution in [1.29, 1.82) is 0 Å². The first-order valence-corrected chi connectivity index (χ1v) is 6.45. The molecule has 0 spiro atoms. The van der Waals surface area contributed by atoms with E-state index in [1.165, 1.54) is 12.1 Å². The van der Waals surface area contributed by atoms with Crippen LogP contribution in [0.2, 0.25) is 0 Å². The van der Waals surface area contributed by atoms with E-state index in [1.807, 2.05) is 30.3 Å². The molecule has 0 aliphatic carbocycles. The van der Waals surface area contributed by atoms with Gasteiger partial charge in [-0.05, 0) is 29.8 Å². The summed E-state index contributed by atoms with van der Waals surface area (Å²) >= 11 is 0. The zero-order chi connectivity index (χ0) is 14.8. The van der Waals surface area contributed by atoms with Gasteiger partial charge in [-0.2, -0.15) is 5.10 Å². The summed E-state index contributed by atoms with van der Waals surface area (Å²) in [4.78, 5) is 0. The van der Waals surface area contributed by atoms with Crippen LogP contribution in [0.15, 0.2) is 60.9 Å². The number of rotatable bonds is 3. The molecule has 0 amide bonds. The standard InChI is InChI=1S/C16H13F2N3/c17-13-6-11(7-14(18)8-13)16(19)12-9-20-21(10-12)15-4-2-1-3-5-15/h1-10,16H,19H2. The molecular weight excluding hydrogens is 272 g/mol. The molecule has 2 N–H and O–H groups in total. The van der Waals surface area contributed by atoms with Gasteiger partial charge >= 0.3 is 0 Å². The number of hydrogen-bond donors (Lipinski definition) is 1. The van der Waals surface area contributed by atoms with E-state index in [9.17, 15) is 8.78 Å². The number of para-hydroxylation sites is 1. The molecule has 106 valence electrons. The van der Waals surface area contributed by atoms with Gasteiger partial charge in [-0.1, -0.05) is 18.2 Å². The molecule has 3 rings (SSSR count). The van der Waals surface area contributed by atoms with E-state index in [-0.39, 0.29) is 0 Å². The third kappa shape index (κ3) is 2.83. The van der Waals surface area contributed by atoms with Crippen molar-refractivity contribution in [3.63, 3.8) is 0 Å². The van der Waals surface area contributed by atoms with Gasteiger partial charge in [0.05, 0.1) is 17.9 Å². The van der Waals surface area contributed by atoms with Crippen LogP contribution < -0.4 is 5.73 Å². The van der Waals surface area contributed by atoms with Gasteiger partial charge in [-0.25, -0.2) is 13.5 Å². The van der Waals surface area contributed by atoms with Gasteiger partial charge in [0.2, 0.25) is 0 Å². The molecule has 3 aromatic rings. The molecule has 0 aliphatic heterocycles. The van der Waals surface area contributed by atoms with Gasteiger partial charge < -0.3 is 5.73 Å². The number of benzene rings is 2. The quantitative estimate of drug-likeness (QED) is 0.803. The zero-order valence-electron chi connectivity index (χ0n) is 11.1. The molecule has 1 aromatic heterocycles. The van der Waals surface area contributed by atoms with E-state index in [1.54, 1.807) is 17.1 Å². The summed E-state index contributed by atoms with van der Waals surface area (Å²) in [5.74, 6) is -1.29. The topological polar surface area (TPSA) is 43.8 Å². The van der Waals surface area contributed by atoms with E-state index < -0.39 is 17.7 Å². The molecule has 3 nitrogen and oxygen atoms in total.